The Labute approximate surface area is 167 Å². The summed E-state index contributed by atoms with van der Waals surface area (Å²) >= 11 is 0. The second-order valence-electron chi connectivity index (χ2n) is 7.24. The Morgan fingerprint density at radius 2 is 1.52 bits per heavy atom. The maximum Gasteiger partial charge on any atom is 0.272 e. The molecule has 5 rings (SSSR count). The minimum absolute atomic E-state index is 0.135. The lowest BCUT2D eigenvalue weighted by molar-refractivity contribution is -0.118. The number of nitrogens with one attached hydrogen (secondary N) is 1. The largest absolute Gasteiger partial charge is 0.312 e. The minimum Gasteiger partial charge on any atom is -0.312 e. The Morgan fingerprint density at radius 3 is 2.28 bits per heavy atom. The molecule has 4 aromatic rings. The molecule has 2 heterocycles. The van der Waals surface area contributed by atoms with E-state index in [-0.39, 0.29) is 17.4 Å². The van der Waals surface area contributed by atoms with Gasteiger partial charge in [-0.1, -0.05) is 60.7 Å². The van der Waals surface area contributed by atoms with E-state index < -0.39 is 0 Å². The van der Waals surface area contributed by atoms with Gasteiger partial charge in [-0.15, -0.1) is 0 Å². The molecule has 29 heavy (non-hydrogen) atoms. The number of hydrogen-bond acceptors (Lipinski definition) is 3. The van der Waals surface area contributed by atoms with Crippen LogP contribution in [0.5, 0.6) is 0 Å². The molecule has 0 spiro atoms. The molecule has 0 saturated carbocycles. The molecule has 1 aliphatic heterocycles. The number of carbonyl (C=O) groups is 1. The fraction of sp³-hybridized carbons (Fsp3) is 0.125. The molecule has 5 heteroatoms. The lowest BCUT2D eigenvalue weighted by Gasteiger charge is -2.17. The third kappa shape index (κ3) is 3.01. The Hall–Kier alpha value is -3.73. The number of nitrogens with zero attached hydrogens (tertiary/aromatic N) is 2. The van der Waals surface area contributed by atoms with Gasteiger partial charge in [0.15, 0.2) is 0 Å². The van der Waals surface area contributed by atoms with Crippen LogP contribution in [0.3, 0.4) is 0 Å². The number of fused-ring (bicyclic) bond motifs is 1. The number of amides is 1. The molecular formula is C24H19N3O2. The van der Waals surface area contributed by atoms with Crippen LogP contribution in [0, 0.1) is 0 Å². The second-order valence-corrected chi connectivity index (χ2v) is 7.24. The van der Waals surface area contributed by atoms with Crippen LogP contribution in [-0.2, 0) is 4.79 Å². The number of aromatic amines is 1. The SMILES string of the molecule is O=C1C(c2ccc(-c3n[nH]c(=O)c4ccccc34)cc2)CCN1c1ccccc1. The van der Waals surface area contributed by atoms with E-state index >= 15 is 0 Å². The van der Waals surface area contributed by atoms with Crippen LogP contribution in [0.25, 0.3) is 22.0 Å². The molecule has 1 fully saturated rings. The van der Waals surface area contributed by atoms with Crippen LogP contribution in [0.4, 0.5) is 5.69 Å². The van der Waals surface area contributed by atoms with Crippen molar-refractivity contribution in [3.05, 3.63) is 94.8 Å². The Kier molecular flexibility index (Phi) is 4.21. The highest BCUT2D eigenvalue weighted by Gasteiger charge is 2.33. The van der Waals surface area contributed by atoms with Crippen molar-refractivity contribution < 1.29 is 4.79 Å². The van der Waals surface area contributed by atoms with Gasteiger partial charge in [0.05, 0.1) is 17.0 Å². The van der Waals surface area contributed by atoms with Crippen molar-refractivity contribution in [1.29, 1.82) is 0 Å². The molecule has 1 saturated heterocycles. The number of benzene rings is 3. The molecule has 1 aliphatic rings. The van der Waals surface area contributed by atoms with Crippen molar-refractivity contribution in [2.45, 2.75) is 12.3 Å². The molecule has 142 valence electrons. The summed E-state index contributed by atoms with van der Waals surface area (Å²) in [4.78, 5) is 26.8. The number of para-hydroxylation sites is 1. The number of anilines is 1. The van der Waals surface area contributed by atoms with Gasteiger partial charge in [0.25, 0.3) is 5.56 Å². The molecular weight excluding hydrogens is 362 g/mol. The van der Waals surface area contributed by atoms with E-state index in [9.17, 15) is 9.59 Å². The average molecular weight is 381 g/mol. The van der Waals surface area contributed by atoms with Crippen molar-refractivity contribution in [3.8, 4) is 11.3 Å². The maximum atomic E-state index is 12.9. The zero-order valence-electron chi connectivity index (χ0n) is 15.7. The summed E-state index contributed by atoms with van der Waals surface area (Å²) in [5, 5.41) is 8.27. The molecule has 1 aromatic heterocycles. The first-order valence-electron chi connectivity index (χ1n) is 9.66. The summed E-state index contributed by atoms with van der Waals surface area (Å²) in [6.07, 6.45) is 0.799. The summed E-state index contributed by atoms with van der Waals surface area (Å²) in [5.41, 5.74) is 3.40. The van der Waals surface area contributed by atoms with Crippen molar-refractivity contribution in [1.82, 2.24) is 10.2 Å². The van der Waals surface area contributed by atoms with Crippen LogP contribution in [0.1, 0.15) is 17.9 Å². The maximum absolute atomic E-state index is 12.9. The van der Waals surface area contributed by atoms with Gasteiger partial charge in [-0.25, -0.2) is 5.10 Å². The Bertz CT molecular complexity index is 1250. The molecule has 1 atom stereocenters. The predicted octanol–water partition coefficient (Wildman–Crippen LogP) is 4.11. The van der Waals surface area contributed by atoms with Crippen molar-refractivity contribution in [2.24, 2.45) is 0 Å². The summed E-state index contributed by atoms with van der Waals surface area (Å²) in [5.74, 6) is 0.00102. The van der Waals surface area contributed by atoms with Crippen LogP contribution < -0.4 is 10.5 Å². The highest BCUT2D eigenvalue weighted by atomic mass is 16.2. The van der Waals surface area contributed by atoms with E-state index in [1.807, 2.05) is 77.7 Å². The third-order valence-electron chi connectivity index (χ3n) is 5.56. The van der Waals surface area contributed by atoms with Crippen molar-refractivity contribution >= 4 is 22.4 Å². The van der Waals surface area contributed by atoms with Gasteiger partial charge in [0.2, 0.25) is 5.91 Å². The van der Waals surface area contributed by atoms with Gasteiger partial charge in [-0.2, -0.15) is 5.10 Å². The average Bonchev–Trinajstić information content (AvgIpc) is 3.16. The van der Waals surface area contributed by atoms with Gasteiger partial charge in [-0.05, 0) is 30.2 Å². The van der Waals surface area contributed by atoms with E-state index in [4.69, 9.17) is 0 Å². The van der Waals surface area contributed by atoms with Gasteiger partial charge in [-0.3, -0.25) is 9.59 Å². The van der Waals surface area contributed by atoms with Crippen LogP contribution in [-0.4, -0.2) is 22.6 Å². The monoisotopic (exact) mass is 381 g/mol. The van der Waals surface area contributed by atoms with Gasteiger partial charge >= 0.3 is 0 Å². The zero-order valence-corrected chi connectivity index (χ0v) is 15.7. The Balaban J connectivity index is 1.45. The van der Waals surface area contributed by atoms with E-state index in [1.54, 1.807) is 6.07 Å². The highest BCUT2D eigenvalue weighted by molar-refractivity contribution is 6.00. The van der Waals surface area contributed by atoms with E-state index in [0.29, 0.717) is 5.39 Å². The third-order valence-corrected chi connectivity index (χ3v) is 5.56. The highest BCUT2D eigenvalue weighted by Crippen LogP contribution is 2.33. The Morgan fingerprint density at radius 1 is 0.828 bits per heavy atom. The number of H-pyrrole nitrogens is 1. The fourth-order valence-corrected chi connectivity index (χ4v) is 4.06. The summed E-state index contributed by atoms with van der Waals surface area (Å²) in [6.45, 7) is 0.724. The first kappa shape index (κ1) is 17.4. The van der Waals surface area contributed by atoms with E-state index in [1.165, 1.54) is 0 Å². The first-order valence-corrected chi connectivity index (χ1v) is 9.66. The summed E-state index contributed by atoms with van der Waals surface area (Å²) in [6, 6.07) is 25.2. The van der Waals surface area contributed by atoms with Crippen LogP contribution in [0.2, 0.25) is 0 Å². The topological polar surface area (TPSA) is 66.1 Å². The van der Waals surface area contributed by atoms with Gasteiger partial charge < -0.3 is 4.90 Å². The molecule has 0 bridgehead atoms. The lowest BCUT2D eigenvalue weighted by atomic mass is 9.95. The molecule has 1 unspecified atom stereocenters. The number of hydrogen-bond donors (Lipinski definition) is 1. The molecule has 0 radical (unpaired) electrons. The van der Waals surface area contributed by atoms with Crippen LogP contribution in [0.15, 0.2) is 83.7 Å². The quantitative estimate of drug-likeness (QED) is 0.581. The molecule has 1 amide bonds. The van der Waals surface area contributed by atoms with Crippen molar-refractivity contribution in [3.63, 3.8) is 0 Å². The normalized spacial score (nSPS) is 16.5. The smallest absolute Gasteiger partial charge is 0.272 e. The lowest BCUT2D eigenvalue weighted by Crippen LogP contribution is -2.26. The standard InChI is InChI=1S/C24H19N3O2/c28-23-21-9-5-4-8-20(21)22(25-26-23)17-12-10-16(11-13-17)19-14-15-27(24(19)29)18-6-2-1-3-7-18/h1-13,19H,14-15H2,(H,26,28). The molecule has 0 aliphatic carbocycles. The number of aromatic nitrogens is 2. The molecule has 3 aromatic carbocycles. The molecule has 1 N–H and O–H groups in total. The number of carbonyl (C=O) groups excluding carboxylic acids is 1. The zero-order chi connectivity index (χ0) is 19.8. The van der Waals surface area contributed by atoms with Gasteiger partial charge in [0, 0.05) is 23.2 Å². The minimum atomic E-state index is -0.196. The summed E-state index contributed by atoms with van der Waals surface area (Å²) < 4.78 is 0. The summed E-state index contributed by atoms with van der Waals surface area (Å²) in [7, 11) is 0. The molecule has 5 nitrogen and oxygen atoms in total. The van der Waals surface area contributed by atoms with E-state index in [0.717, 1.165) is 40.9 Å². The predicted molar refractivity (Wildman–Crippen MR) is 114 cm³/mol. The van der Waals surface area contributed by atoms with E-state index in [2.05, 4.69) is 10.2 Å². The fourth-order valence-electron chi connectivity index (χ4n) is 4.06. The van der Waals surface area contributed by atoms with Gasteiger partial charge in [0.1, 0.15) is 0 Å². The number of rotatable bonds is 3. The van der Waals surface area contributed by atoms with Crippen molar-refractivity contribution in [2.75, 3.05) is 11.4 Å². The van der Waals surface area contributed by atoms with Crippen LogP contribution >= 0.6 is 0 Å². The second kappa shape index (κ2) is 7.02. The first-order chi connectivity index (χ1) is 14.2.